The highest BCUT2D eigenvalue weighted by Crippen LogP contribution is 2.26. The normalized spacial score (nSPS) is 10.3. The van der Waals surface area contributed by atoms with Crippen molar-refractivity contribution in [3.05, 3.63) is 22.7 Å². The maximum Gasteiger partial charge on any atom is 0.135 e. The number of hydrogen-bond acceptors (Lipinski definition) is 3. The number of benzene rings is 1. The number of nitrogen functional groups attached to an aromatic ring is 1. The van der Waals surface area contributed by atoms with Gasteiger partial charge in [0, 0.05) is 31.4 Å². The Labute approximate surface area is 98.7 Å². The van der Waals surface area contributed by atoms with E-state index in [9.17, 15) is 0 Å². The van der Waals surface area contributed by atoms with Gasteiger partial charge in [-0.25, -0.2) is 0 Å². The molecule has 0 atom stereocenters. The van der Waals surface area contributed by atoms with Crippen molar-refractivity contribution in [2.24, 2.45) is 0 Å². The van der Waals surface area contributed by atoms with Gasteiger partial charge in [0.15, 0.2) is 0 Å². The predicted molar refractivity (Wildman–Crippen MR) is 65.2 cm³/mol. The third-order valence-electron chi connectivity index (χ3n) is 1.85. The highest BCUT2D eigenvalue weighted by atomic mass is 79.9. The quantitative estimate of drug-likeness (QED) is 0.640. The maximum atomic E-state index is 5.65. The molecular weight excluding hydrogens is 258 g/mol. The first-order valence-electron chi connectivity index (χ1n) is 4.99. The smallest absolute Gasteiger partial charge is 0.135 e. The zero-order valence-electron chi connectivity index (χ0n) is 8.83. The lowest BCUT2D eigenvalue weighted by atomic mass is 10.3. The Bertz CT molecular complexity index is 305. The van der Waals surface area contributed by atoms with E-state index in [1.807, 2.05) is 25.1 Å². The highest BCUT2D eigenvalue weighted by Gasteiger charge is 2.00. The molecular formula is C11H16BrNO2. The Morgan fingerprint density at radius 1 is 1.33 bits per heavy atom. The van der Waals surface area contributed by atoms with Gasteiger partial charge in [0.1, 0.15) is 5.75 Å². The van der Waals surface area contributed by atoms with Gasteiger partial charge in [-0.3, -0.25) is 0 Å². The second kappa shape index (κ2) is 6.69. The zero-order valence-corrected chi connectivity index (χ0v) is 10.4. The van der Waals surface area contributed by atoms with Crippen LogP contribution in [0.3, 0.4) is 0 Å². The van der Waals surface area contributed by atoms with Gasteiger partial charge in [-0.15, -0.1) is 0 Å². The van der Waals surface area contributed by atoms with Gasteiger partial charge >= 0.3 is 0 Å². The Morgan fingerprint density at radius 2 is 2.13 bits per heavy atom. The summed E-state index contributed by atoms with van der Waals surface area (Å²) in [7, 11) is 0. The molecule has 0 aliphatic rings. The van der Waals surface area contributed by atoms with Gasteiger partial charge in [0.05, 0.1) is 11.1 Å². The summed E-state index contributed by atoms with van der Waals surface area (Å²) in [5, 5.41) is 0. The summed E-state index contributed by atoms with van der Waals surface area (Å²) in [6.45, 7) is 4.11. The molecule has 0 saturated carbocycles. The number of rotatable bonds is 6. The van der Waals surface area contributed by atoms with Crippen LogP contribution in [0.2, 0.25) is 0 Å². The topological polar surface area (TPSA) is 44.5 Å². The number of anilines is 1. The first kappa shape index (κ1) is 12.3. The molecule has 1 aromatic carbocycles. The van der Waals surface area contributed by atoms with Crippen LogP contribution in [0.15, 0.2) is 22.7 Å². The number of ether oxygens (including phenoxy) is 2. The molecule has 0 amide bonds. The largest absolute Gasteiger partial charge is 0.492 e. The summed E-state index contributed by atoms with van der Waals surface area (Å²) in [6.07, 6.45) is 0.884. The van der Waals surface area contributed by atoms with Gasteiger partial charge < -0.3 is 15.2 Å². The summed E-state index contributed by atoms with van der Waals surface area (Å²) in [4.78, 5) is 0. The molecule has 0 saturated heterocycles. The zero-order chi connectivity index (χ0) is 11.1. The fraction of sp³-hybridized carbons (Fsp3) is 0.455. The minimum absolute atomic E-state index is 0.641. The molecule has 3 nitrogen and oxygen atoms in total. The Balaban J connectivity index is 2.33. The Hall–Kier alpha value is -0.740. The summed E-state index contributed by atoms with van der Waals surface area (Å²) in [6, 6.07) is 5.52. The van der Waals surface area contributed by atoms with E-state index >= 15 is 0 Å². The molecule has 0 radical (unpaired) electrons. The molecule has 84 valence electrons. The molecule has 2 N–H and O–H groups in total. The Kier molecular flexibility index (Phi) is 5.50. The maximum absolute atomic E-state index is 5.65. The number of halogens is 1. The molecule has 0 unspecified atom stereocenters. The molecule has 0 bridgehead atoms. The van der Waals surface area contributed by atoms with Crippen molar-refractivity contribution < 1.29 is 9.47 Å². The summed E-state index contributed by atoms with van der Waals surface area (Å²) < 4.78 is 11.7. The molecule has 0 aliphatic heterocycles. The third kappa shape index (κ3) is 4.53. The van der Waals surface area contributed by atoms with Crippen molar-refractivity contribution in [3.8, 4) is 5.75 Å². The van der Waals surface area contributed by atoms with Crippen LogP contribution in [-0.2, 0) is 4.74 Å². The molecule has 0 aliphatic carbocycles. The van der Waals surface area contributed by atoms with E-state index in [-0.39, 0.29) is 0 Å². The van der Waals surface area contributed by atoms with Crippen molar-refractivity contribution in [2.45, 2.75) is 13.3 Å². The van der Waals surface area contributed by atoms with Crippen LogP contribution in [0.4, 0.5) is 5.69 Å². The first-order chi connectivity index (χ1) is 7.24. The fourth-order valence-corrected chi connectivity index (χ4v) is 1.48. The fourth-order valence-electron chi connectivity index (χ4n) is 1.12. The molecule has 4 heteroatoms. The van der Waals surface area contributed by atoms with E-state index in [0.717, 1.165) is 29.9 Å². The summed E-state index contributed by atoms with van der Waals surface area (Å²) >= 11 is 3.40. The average Bonchev–Trinajstić information content (AvgIpc) is 2.23. The van der Waals surface area contributed by atoms with Crippen LogP contribution in [-0.4, -0.2) is 19.8 Å². The van der Waals surface area contributed by atoms with E-state index in [1.165, 1.54) is 0 Å². The van der Waals surface area contributed by atoms with E-state index in [4.69, 9.17) is 15.2 Å². The van der Waals surface area contributed by atoms with Crippen molar-refractivity contribution in [1.82, 2.24) is 0 Å². The standard InChI is InChI=1S/C11H16BrNO2/c1-2-14-6-3-7-15-11-8-9(13)4-5-10(11)12/h4-5,8H,2-3,6-7,13H2,1H3. The van der Waals surface area contributed by atoms with Crippen LogP contribution in [0, 0.1) is 0 Å². The van der Waals surface area contributed by atoms with Crippen LogP contribution >= 0.6 is 15.9 Å². The minimum Gasteiger partial charge on any atom is -0.492 e. The van der Waals surface area contributed by atoms with Crippen molar-refractivity contribution in [3.63, 3.8) is 0 Å². The molecule has 0 heterocycles. The Morgan fingerprint density at radius 3 is 2.87 bits per heavy atom. The first-order valence-corrected chi connectivity index (χ1v) is 5.79. The second-order valence-electron chi connectivity index (χ2n) is 3.09. The molecule has 1 rings (SSSR count). The van der Waals surface area contributed by atoms with Crippen molar-refractivity contribution >= 4 is 21.6 Å². The lowest BCUT2D eigenvalue weighted by molar-refractivity contribution is 0.130. The minimum atomic E-state index is 0.641. The number of hydrogen-bond donors (Lipinski definition) is 1. The van der Waals surface area contributed by atoms with E-state index in [0.29, 0.717) is 12.3 Å². The molecule has 1 aromatic rings. The monoisotopic (exact) mass is 273 g/mol. The average molecular weight is 274 g/mol. The third-order valence-corrected chi connectivity index (χ3v) is 2.51. The van der Waals surface area contributed by atoms with E-state index < -0.39 is 0 Å². The van der Waals surface area contributed by atoms with Gasteiger partial charge in [-0.2, -0.15) is 0 Å². The summed E-state index contributed by atoms with van der Waals surface area (Å²) in [5.74, 6) is 0.784. The van der Waals surface area contributed by atoms with Crippen LogP contribution in [0.1, 0.15) is 13.3 Å². The van der Waals surface area contributed by atoms with Crippen LogP contribution in [0.5, 0.6) is 5.75 Å². The van der Waals surface area contributed by atoms with Gasteiger partial charge in [0.25, 0.3) is 0 Å². The van der Waals surface area contributed by atoms with Crippen LogP contribution in [0.25, 0.3) is 0 Å². The van der Waals surface area contributed by atoms with Gasteiger partial charge in [-0.1, -0.05) is 0 Å². The summed E-state index contributed by atoms with van der Waals surface area (Å²) in [5.41, 5.74) is 6.36. The number of nitrogens with two attached hydrogens (primary N) is 1. The SMILES string of the molecule is CCOCCCOc1cc(N)ccc1Br. The van der Waals surface area contributed by atoms with Gasteiger partial charge in [-0.05, 0) is 35.0 Å². The van der Waals surface area contributed by atoms with E-state index in [1.54, 1.807) is 0 Å². The van der Waals surface area contributed by atoms with Crippen LogP contribution < -0.4 is 10.5 Å². The van der Waals surface area contributed by atoms with Crippen molar-refractivity contribution in [1.29, 1.82) is 0 Å². The van der Waals surface area contributed by atoms with Gasteiger partial charge in [0.2, 0.25) is 0 Å². The van der Waals surface area contributed by atoms with E-state index in [2.05, 4.69) is 15.9 Å². The lowest BCUT2D eigenvalue weighted by Crippen LogP contribution is -2.03. The molecule has 15 heavy (non-hydrogen) atoms. The lowest BCUT2D eigenvalue weighted by Gasteiger charge is -2.08. The van der Waals surface area contributed by atoms with Crippen molar-refractivity contribution in [2.75, 3.05) is 25.6 Å². The molecule has 0 fully saturated rings. The molecule has 0 aromatic heterocycles. The highest BCUT2D eigenvalue weighted by molar-refractivity contribution is 9.10. The molecule has 0 spiro atoms. The predicted octanol–water partition coefficient (Wildman–Crippen LogP) is 2.84. The second-order valence-corrected chi connectivity index (χ2v) is 3.94.